The van der Waals surface area contributed by atoms with Crippen LogP contribution in [0, 0.1) is 0 Å². The Labute approximate surface area is 87.8 Å². The van der Waals surface area contributed by atoms with E-state index in [1.807, 2.05) is 6.08 Å². The lowest BCUT2D eigenvalue weighted by Gasteiger charge is -2.21. The Balaban J connectivity index is 2.54. The van der Waals surface area contributed by atoms with Crippen LogP contribution in [0.4, 0.5) is 0 Å². The molecule has 0 amide bonds. The standard InChI is InChI=1S/C13H21N/c1-4-7-13(8-5-2)11-14-10-6-9-12(14)3/h4-5,7-8,12H,1,6,9-11H2,2-3H3/b8-5-,13-7+. The van der Waals surface area contributed by atoms with Crippen LogP contribution < -0.4 is 0 Å². The van der Waals surface area contributed by atoms with Gasteiger partial charge in [-0.2, -0.15) is 0 Å². The van der Waals surface area contributed by atoms with Crippen LogP contribution in [0.5, 0.6) is 0 Å². The Morgan fingerprint density at radius 2 is 2.36 bits per heavy atom. The molecule has 1 aliphatic heterocycles. The zero-order chi connectivity index (χ0) is 10.4. The molecular formula is C13H21N. The number of likely N-dealkylation sites (tertiary alicyclic amines) is 1. The van der Waals surface area contributed by atoms with Gasteiger partial charge in [0, 0.05) is 12.6 Å². The smallest absolute Gasteiger partial charge is 0.0236 e. The zero-order valence-electron chi connectivity index (χ0n) is 9.37. The fraction of sp³-hybridized carbons (Fsp3) is 0.538. The van der Waals surface area contributed by atoms with Gasteiger partial charge in [0.25, 0.3) is 0 Å². The minimum atomic E-state index is 0.744. The number of hydrogen-bond acceptors (Lipinski definition) is 1. The number of nitrogens with zero attached hydrogens (tertiary/aromatic N) is 1. The van der Waals surface area contributed by atoms with Crippen LogP contribution in [-0.4, -0.2) is 24.0 Å². The summed E-state index contributed by atoms with van der Waals surface area (Å²) < 4.78 is 0. The van der Waals surface area contributed by atoms with Crippen molar-refractivity contribution < 1.29 is 0 Å². The Morgan fingerprint density at radius 1 is 1.57 bits per heavy atom. The van der Waals surface area contributed by atoms with E-state index >= 15 is 0 Å². The van der Waals surface area contributed by atoms with Gasteiger partial charge in [0.15, 0.2) is 0 Å². The largest absolute Gasteiger partial charge is 0.296 e. The maximum atomic E-state index is 3.75. The molecule has 1 saturated heterocycles. The van der Waals surface area contributed by atoms with Crippen molar-refractivity contribution in [3.05, 3.63) is 36.5 Å². The quantitative estimate of drug-likeness (QED) is 0.617. The SMILES string of the molecule is C=C/C=C(\C=C/C)CN1CCCC1C. The lowest BCUT2D eigenvalue weighted by molar-refractivity contribution is 0.294. The van der Waals surface area contributed by atoms with Gasteiger partial charge in [-0.1, -0.05) is 30.9 Å². The average molecular weight is 191 g/mol. The van der Waals surface area contributed by atoms with Crippen molar-refractivity contribution >= 4 is 0 Å². The second-order valence-corrected chi connectivity index (χ2v) is 3.94. The van der Waals surface area contributed by atoms with Gasteiger partial charge in [0.2, 0.25) is 0 Å². The fourth-order valence-corrected chi connectivity index (χ4v) is 1.99. The third-order valence-corrected chi connectivity index (χ3v) is 2.79. The third kappa shape index (κ3) is 3.15. The summed E-state index contributed by atoms with van der Waals surface area (Å²) in [5.41, 5.74) is 1.36. The van der Waals surface area contributed by atoms with Crippen LogP contribution in [0.15, 0.2) is 36.5 Å². The van der Waals surface area contributed by atoms with Crippen molar-refractivity contribution in [3.8, 4) is 0 Å². The summed E-state index contributed by atoms with van der Waals surface area (Å²) in [6, 6.07) is 0.744. The maximum Gasteiger partial charge on any atom is 0.0236 e. The molecule has 1 rings (SSSR count). The lowest BCUT2D eigenvalue weighted by Crippen LogP contribution is -2.28. The molecule has 1 atom stereocenters. The van der Waals surface area contributed by atoms with Crippen molar-refractivity contribution in [1.29, 1.82) is 0 Å². The summed E-state index contributed by atoms with van der Waals surface area (Å²) in [4.78, 5) is 2.54. The van der Waals surface area contributed by atoms with E-state index in [0.29, 0.717) is 0 Å². The first-order chi connectivity index (χ1) is 6.77. The van der Waals surface area contributed by atoms with Gasteiger partial charge in [-0.05, 0) is 38.8 Å². The van der Waals surface area contributed by atoms with E-state index in [4.69, 9.17) is 0 Å². The van der Waals surface area contributed by atoms with Gasteiger partial charge in [0.1, 0.15) is 0 Å². The predicted molar refractivity (Wildman–Crippen MR) is 63.4 cm³/mol. The van der Waals surface area contributed by atoms with Gasteiger partial charge in [-0.3, -0.25) is 4.90 Å². The molecule has 0 aliphatic carbocycles. The molecule has 1 fully saturated rings. The minimum absolute atomic E-state index is 0.744. The fourth-order valence-electron chi connectivity index (χ4n) is 1.99. The second-order valence-electron chi connectivity index (χ2n) is 3.94. The lowest BCUT2D eigenvalue weighted by atomic mass is 10.2. The highest BCUT2D eigenvalue weighted by Gasteiger charge is 2.19. The minimum Gasteiger partial charge on any atom is -0.296 e. The molecule has 1 heterocycles. The number of hydrogen-bond donors (Lipinski definition) is 0. The van der Waals surface area contributed by atoms with E-state index in [2.05, 4.69) is 43.6 Å². The summed E-state index contributed by atoms with van der Waals surface area (Å²) in [5.74, 6) is 0. The molecule has 0 bridgehead atoms. The highest BCUT2D eigenvalue weighted by molar-refractivity contribution is 5.24. The average Bonchev–Trinajstić information content (AvgIpc) is 2.53. The summed E-state index contributed by atoms with van der Waals surface area (Å²) in [5, 5.41) is 0. The Hall–Kier alpha value is -0.820. The number of allylic oxidation sites excluding steroid dienone is 3. The molecule has 0 aromatic heterocycles. The molecule has 1 unspecified atom stereocenters. The Morgan fingerprint density at radius 3 is 2.86 bits per heavy atom. The third-order valence-electron chi connectivity index (χ3n) is 2.79. The number of rotatable bonds is 4. The summed E-state index contributed by atoms with van der Waals surface area (Å²) in [7, 11) is 0. The van der Waals surface area contributed by atoms with Crippen LogP contribution >= 0.6 is 0 Å². The highest BCUT2D eigenvalue weighted by atomic mass is 15.2. The molecule has 0 N–H and O–H groups in total. The monoisotopic (exact) mass is 191 g/mol. The molecule has 0 aromatic rings. The summed E-state index contributed by atoms with van der Waals surface area (Å²) >= 11 is 0. The molecule has 1 nitrogen and oxygen atoms in total. The van der Waals surface area contributed by atoms with Crippen molar-refractivity contribution in [2.24, 2.45) is 0 Å². The molecule has 1 aliphatic rings. The Bertz CT molecular complexity index is 238. The summed E-state index contributed by atoms with van der Waals surface area (Å²) in [6.07, 6.45) is 10.9. The predicted octanol–water partition coefficient (Wildman–Crippen LogP) is 3.16. The molecule has 0 saturated carbocycles. The molecule has 78 valence electrons. The van der Waals surface area contributed by atoms with Gasteiger partial charge in [0.05, 0.1) is 0 Å². The van der Waals surface area contributed by atoms with Gasteiger partial charge < -0.3 is 0 Å². The van der Waals surface area contributed by atoms with Gasteiger partial charge in [-0.25, -0.2) is 0 Å². The first-order valence-electron chi connectivity index (χ1n) is 5.46. The normalized spacial score (nSPS) is 24.7. The van der Waals surface area contributed by atoms with E-state index in [-0.39, 0.29) is 0 Å². The molecule has 0 spiro atoms. The van der Waals surface area contributed by atoms with Crippen LogP contribution in [0.2, 0.25) is 0 Å². The first kappa shape index (κ1) is 11.3. The molecular weight excluding hydrogens is 170 g/mol. The van der Waals surface area contributed by atoms with Crippen LogP contribution in [0.1, 0.15) is 26.7 Å². The van der Waals surface area contributed by atoms with Crippen molar-refractivity contribution in [2.45, 2.75) is 32.7 Å². The molecule has 14 heavy (non-hydrogen) atoms. The van der Waals surface area contributed by atoms with E-state index in [9.17, 15) is 0 Å². The van der Waals surface area contributed by atoms with Crippen molar-refractivity contribution in [2.75, 3.05) is 13.1 Å². The summed E-state index contributed by atoms with van der Waals surface area (Å²) in [6.45, 7) is 10.4. The van der Waals surface area contributed by atoms with Crippen LogP contribution in [0.25, 0.3) is 0 Å². The first-order valence-corrected chi connectivity index (χ1v) is 5.46. The van der Waals surface area contributed by atoms with Crippen LogP contribution in [0.3, 0.4) is 0 Å². The molecule has 0 radical (unpaired) electrons. The molecule has 0 aromatic carbocycles. The highest BCUT2D eigenvalue weighted by Crippen LogP contribution is 2.18. The van der Waals surface area contributed by atoms with Gasteiger partial charge in [-0.15, -0.1) is 0 Å². The topological polar surface area (TPSA) is 3.24 Å². The van der Waals surface area contributed by atoms with E-state index in [1.165, 1.54) is 25.0 Å². The van der Waals surface area contributed by atoms with Crippen molar-refractivity contribution in [1.82, 2.24) is 4.90 Å². The van der Waals surface area contributed by atoms with E-state index in [0.717, 1.165) is 12.6 Å². The van der Waals surface area contributed by atoms with Crippen LogP contribution in [-0.2, 0) is 0 Å². The molecule has 1 heteroatoms. The van der Waals surface area contributed by atoms with Crippen molar-refractivity contribution in [3.63, 3.8) is 0 Å². The Kier molecular flexibility index (Phi) is 4.68. The van der Waals surface area contributed by atoms with E-state index in [1.54, 1.807) is 0 Å². The maximum absolute atomic E-state index is 3.75. The van der Waals surface area contributed by atoms with E-state index < -0.39 is 0 Å². The zero-order valence-corrected chi connectivity index (χ0v) is 9.37. The van der Waals surface area contributed by atoms with Gasteiger partial charge >= 0.3 is 0 Å². The second kappa shape index (κ2) is 5.82.